The van der Waals surface area contributed by atoms with Crippen LogP contribution in [0.5, 0.6) is 0 Å². The van der Waals surface area contributed by atoms with E-state index in [1.54, 1.807) is 0 Å². The fourth-order valence-electron chi connectivity index (χ4n) is 1.66. The van der Waals surface area contributed by atoms with Crippen LogP contribution in [0.2, 0.25) is 0 Å². The molecule has 0 bridgehead atoms. The van der Waals surface area contributed by atoms with Crippen molar-refractivity contribution in [2.75, 3.05) is 33.5 Å². The second-order valence-electron chi connectivity index (χ2n) is 4.66. The van der Waals surface area contributed by atoms with Gasteiger partial charge in [0.25, 0.3) is 0 Å². The first-order valence-electron chi connectivity index (χ1n) is 6.99. The van der Waals surface area contributed by atoms with E-state index in [1.165, 1.54) is 26.9 Å². The van der Waals surface area contributed by atoms with Gasteiger partial charge in [-0.05, 0) is 19.8 Å². The molecule has 0 saturated carbocycles. The van der Waals surface area contributed by atoms with E-state index in [2.05, 4.69) is 5.32 Å². The summed E-state index contributed by atoms with van der Waals surface area (Å²) in [6.45, 7) is 3.31. The van der Waals surface area contributed by atoms with Crippen molar-refractivity contribution >= 4 is 11.7 Å². The van der Waals surface area contributed by atoms with Gasteiger partial charge in [0.2, 0.25) is 5.91 Å². The van der Waals surface area contributed by atoms with Gasteiger partial charge in [0, 0.05) is 20.3 Å². The van der Waals surface area contributed by atoms with Crippen LogP contribution < -0.4 is 5.32 Å². The first-order chi connectivity index (χ1) is 9.16. The van der Waals surface area contributed by atoms with Gasteiger partial charge in [-0.2, -0.15) is 0 Å². The van der Waals surface area contributed by atoms with Gasteiger partial charge >= 0.3 is 0 Å². The van der Waals surface area contributed by atoms with Crippen LogP contribution in [0.3, 0.4) is 0 Å². The number of hydrogen-bond acceptors (Lipinski definition) is 4. The molecule has 19 heavy (non-hydrogen) atoms. The first-order valence-corrected chi connectivity index (χ1v) is 6.99. The van der Waals surface area contributed by atoms with Gasteiger partial charge < -0.3 is 14.8 Å². The Labute approximate surface area is 116 Å². The second-order valence-corrected chi connectivity index (χ2v) is 4.66. The molecule has 0 aliphatic rings. The standard InChI is InChI=1S/C14H27NO4/c1-13(16)11-19-10-8-6-4-3-5-7-9-15-14(17)12-18-2/h3-12H2,1-2H3,(H,15,17). The maximum absolute atomic E-state index is 11.1. The number of ether oxygens (including phenoxy) is 2. The quantitative estimate of drug-likeness (QED) is 0.519. The van der Waals surface area contributed by atoms with Crippen LogP contribution in [0.25, 0.3) is 0 Å². The monoisotopic (exact) mass is 273 g/mol. The highest BCUT2D eigenvalue weighted by molar-refractivity contribution is 5.77. The van der Waals surface area contributed by atoms with Gasteiger partial charge in [-0.25, -0.2) is 0 Å². The molecule has 0 fully saturated rings. The number of unbranched alkanes of at least 4 members (excludes halogenated alkanes) is 5. The number of carbonyl (C=O) groups is 2. The lowest BCUT2D eigenvalue weighted by atomic mass is 10.1. The maximum atomic E-state index is 11.1. The average molecular weight is 273 g/mol. The van der Waals surface area contributed by atoms with Crippen LogP contribution in [-0.2, 0) is 19.1 Å². The minimum absolute atomic E-state index is 0.0508. The highest BCUT2D eigenvalue weighted by atomic mass is 16.5. The molecule has 0 aliphatic heterocycles. The van der Waals surface area contributed by atoms with Crippen molar-refractivity contribution in [1.29, 1.82) is 0 Å². The number of Topliss-reactive ketones (excluding diaryl/α,β-unsaturated/α-hetero) is 1. The molecule has 0 saturated heterocycles. The smallest absolute Gasteiger partial charge is 0.245 e. The third-order valence-electron chi connectivity index (χ3n) is 2.62. The summed E-state index contributed by atoms with van der Waals surface area (Å²) in [5, 5.41) is 2.80. The van der Waals surface area contributed by atoms with Gasteiger partial charge in [-0.3, -0.25) is 9.59 Å². The van der Waals surface area contributed by atoms with Crippen LogP contribution in [0.15, 0.2) is 0 Å². The molecule has 0 heterocycles. The third-order valence-corrected chi connectivity index (χ3v) is 2.62. The Morgan fingerprint density at radius 3 is 2.21 bits per heavy atom. The molecule has 1 N–H and O–H groups in total. The number of hydrogen-bond donors (Lipinski definition) is 1. The van der Waals surface area contributed by atoms with Crippen LogP contribution in [-0.4, -0.2) is 45.2 Å². The Balaban J connectivity index is 3.06. The lowest BCUT2D eigenvalue weighted by Gasteiger charge is -2.05. The topological polar surface area (TPSA) is 64.6 Å². The maximum Gasteiger partial charge on any atom is 0.245 e. The predicted octanol–water partition coefficient (Wildman–Crippen LogP) is 1.70. The summed E-state index contributed by atoms with van der Waals surface area (Å²) in [5.74, 6) is 0.0284. The van der Waals surface area contributed by atoms with Crippen molar-refractivity contribution in [3.63, 3.8) is 0 Å². The fourth-order valence-corrected chi connectivity index (χ4v) is 1.66. The van der Waals surface area contributed by atoms with Crippen molar-refractivity contribution in [2.24, 2.45) is 0 Å². The van der Waals surface area contributed by atoms with Gasteiger partial charge in [-0.1, -0.05) is 25.7 Å². The summed E-state index contributed by atoms with van der Waals surface area (Å²) in [6, 6.07) is 0. The second kappa shape index (κ2) is 13.5. The molecule has 0 atom stereocenters. The van der Waals surface area contributed by atoms with Crippen molar-refractivity contribution < 1.29 is 19.1 Å². The van der Waals surface area contributed by atoms with Crippen LogP contribution in [0.1, 0.15) is 45.4 Å². The number of carbonyl (C=O) groups excluding carboxylic acids is 2. The van der Waals surface area contributed by atoms with E-state index < -0.39 is 0 Å². The van der Waals surface area contributed by atoms with E-state index in [4.69, 9.17) is 9.47 Å². The van der Waals surface area contributed by atoms with E-state index in [9.17, 15) is 9.59 Å². The van der Waals surface area contributed by atoms with E-state index in [1.807, 2.05) is 0 Å². The molecular weight excluding hydrogens is 246 g/mol. The zero-order chi connectivity index (χ0) is 14.3. The Bertz CT molecular complexity index is 244. The lowest BCUT2D eigenvalue weighted by Crippen LogP contribution is -2.27. The van der Waals surface area contributed by atoms with Gasteiger partial charge in [0.1, 0.15) is 13.2 Å². The molecule has 0 spiro atoms. The van der Waals surface area contributed by atoms with Crippen molar-refractivity contribution in [1.82, 2.24) is 5.32 Å². The number of nitrogens with one attached hydrogen (secondary N) is 1. The molecular formula is C14H27NO4. The van der Waals surface area contributed by atoms with Crippen LogP contribution >= 0.6 is 0 Å². The largest absolute Gasteiger partial charge is 0.375 e. The molecule has 0 aromatic carbocycles. The predicted molar refractivity (Wildman–Crippen MR) is 74.1 cm³/mol. The van der Waals surface area contributed by atoms with Crippen LogP contribution in [0.4, 0.5) is 0 Å². The number of ketones is 1. The van der Waals surface area contributed by atoms with E-state index in [-0.39, 0.29) is 24.9 Å². The molecule has 112 valence electrons. The zero-order valence-corrected chi connectivity index (χ0v) is 12.2. The van der Waals surface area contributed by atoms with E-state index >= 15 is 0 Å². The molecule has 0 aromatic rings. The summed E-state index contributed by atoms with van der Waals surface area (Å²) in [7, 11) is 1.51. The lowest BCUT2D eigenvalue weighted by molar-refractivity contribution is -0.124. The number of methoxy groups -OCH3 is 1. The summed E-state index contributed by atoms with van der Waals surface area (Å²) in [6.07, 6.45) is 6.63. The highest BCUT2D eigenvalue weighted by Crippen LogP contribution is 2.05. The molecule has 0 radical (unpaired) electrons. The Hall–Kier alpha value is -0.940. The van der Waals surface area contributed by atoms with Gasteiger partial charge in [0.05, 0.1) is 0 Å². The molecule has 5 heteroatoms. The molecule has 0 aromatic heterocycles. The average Bonchev–Trinajstić information content (AvgIpc) is 2.36. The van der Waals surface area contributed by atoms with Crippen LogP contribution in [0, 0.1) is 0 Å². The molecule has 1 amide bonds. The Morgan fingerprint density at radius 2 is 1.58 bits per heavy atom. The summed E-state index contributed by atoms with van der Waals surface area (Å²) < 4.78 is 9.90. The summed E-state index contributed by atoms with van der Waals surface area (Å²) >= 11 is 0. The fraction of sp³-hybridized carbons (Fsp3) is 0.857. The minimum atomic E-state index is -0.0508. The minimum Gasteiger partial charge on any atom is -0.375 e. The molecule has 0 aliphatic carbocycles. The van der Waals surface area contributed by atoms with Gasteiger partial charge in [0.15, 0.2) is 5.78 Å². The van der Waals surface area contributed by atoms with E-state index in [0.717, 1.165) is 32.2 Å². The zero-order valence-electron chi connectivity index (χ0n) is 12.2. The SMILES string of the molecule is COCC(=O)NCCCCCCCCOCC(C)=O. The normalized spacial score (nSPS) is 10.4. The molecule has 5 nitrogen and oxygen atoms in total. The third kappa shape index (κ3) is 15.0. The number of amides is 1. The van der Waals surface area contributed by atoms with Crippen molar-refractivity contribution in [3.05, 3.63) is 0 Å². The summed E-state index contributed by atoms with van der Waals surface area (Å²) in [5.41, 5.74) is 0. The first kappa shape index (κ1) is 18.1. The molecule has 0 rings (SSSR count). The van der Waals surface area contributed by atoms with Crippen molar-refractivity contribution in [2.45, 2.75) is 45.4 Å². The summed E-state index contributed by atoms with van der Waals surface area (Å²) in [4.78, 5) is 21.7. The van der Waals surface area contributed by atoms with Crippen molar-refractivity contribution in [3.8, 4) is 0 Å². The highest BCUT2D eigenvalue weighted by Gasteiger charge is 1.98. The number of rotatable bonds is 13. The Kier molecular flexibility index (Phi) is 12.8. The van der Waals surface area contributed by atoms with E-state index in [0.29, 0.717) is 6.61 Å². The Morgan fingerprint density at radius 1 is 0.947 bits per heavy atom. The molecule has 0 unspecified atom stereocenters. The van der Waals surface area contributed by atoms with Gasteiger partial charge in [-0.15, -0.1) is 0 Å².